The molecule has 1 aromatic rings. The van der Waals surface area contributed by atoms with Gasteiger partial charge >= 0.3 is 0 Å². The van der Waals surface area contributed by atoms with Crippen molar-refractivity contribution in [1.82, 2.24) is 10.3 Å². The molecule has 1 aliphatic rings. The molecule has 1 aromatic heterocycles. The predicted octanol–water partition coefficient (Wildman–Crippen LogP) is 1.65. The van der Waals surface area contributed by atoms with E-state index in [0.717, 1.165) is 19.4 Å². The Hall–Kier alpha value is -2.18. The van der Waals surface area contributed by atoms with Crippen LogP contribution in [0.1, 0.15) is 25.3 Å². The molecule has 0 radical (unpaired) electrons. The second kappa shape index (κ2) is 6.51. The molecule has 0 saturated carbocycles. The van der Waals surface area contributed by atoms with Crippen LogP contribution in [0.25, 0.3) is 0 Å². The molecule has 0 aromatic carbocycles. The summed E-state index contributed by atoms with van der Waals surface area (Å²) in [6.45, 7) is 5.66. The molecule has 0 spiro atoms. The van der Waals surface area contributed by atoms with Crippen LogP contribution in [0.2, 0.25) is 0 Å². The highest BCUT2D eigenvalue weighted by Gasteiger charge is 2.26. The molecular weight excluding hydrogens is 272 g/mol. The molecule has 0 bridgehead atoms. The van der Waals surface area contributed by atoms with Gasteiger partial charge in [-0.1, -0.05) is 0 Å². The lowest BCUT2D eigenvalue weighted by Crippen LogP contribution is -2.43. The molecule has 1 amide bonds. The van der Waals surface area contributed by atoms with E-state index in [1.165, 1.54) is 6.20 Å². The summed E-state index contributed by atoms with van der Waals surface area (Å²) in [6.07, 6.45) is 3.08. The first kappa shape index (κ1) is 15.2. The van der Waals surface area contributed by atoms with E-state index in [4.69, 9.17) is 0 Å². The van der Waals surface area contributed by atoms with Crippen molar-refractivity contribution in [2.45, 2.75) is 26.7 Å². The Morgan fingerprint density at radius 1 is 1.62 bits per heavy atom. The van der Waals surface area contributed by atoms with Crippen molar-refractivity contribution in [3.63, 3.8) is 0 Å². The quantitative estimate of drug-likeness (QED) is 0.673. The zero-order valence-electron chi connectivity index (χ0n) is 12.3. The maximum atomic E-state index is 11.9. The van der Waals surface area contributed by atoms with E-state index in [9.17, 15) is 14.9 Å². The van der Waals surface area contributed by atoms with E-state index in [1.807, 2.05) is 11.8 Å². The Kier molecular flexibility index (Phi) is 4.72. The van der Waals surface area contributed by atoms with Crippen LogP contribution in [0.15, 0.2) is 12.3 Å². The van der Waals surface area contributed by atoms with E-state index in [0.29, 0.717) is 24.5 Å². The van der Waals surface area contributed by atoms with Crippen molar-refractivity contribution >= 4 is 17.4 Å². The van der Waals surface area contributed by atoms with Gasteiger partial charge in [0.2, 0.25) is 5.91 Å². The van der Waals surface area contributed by atoms with Gasteiger partial charge in [-0.15, -0.1) is 0 Å². The van der Waals surface area contributed by atoms with Crippen LogP contribution in [-0.4, -0.2) is 35.4 Å². The first-order valence-corrected chi connectivity index (χ1v) is 7.16. The van der Waals surface area contributed by atoms with E-state index in [1.54, 1.807) is 13.0 Å². The van der Waals surface area contributed by atoms with Crippen LogP contribution < -0.4 is 10.2 Å². The lowest BCUT2D eigenvalue weighted by molar-refractivity contribution is -0.385. The minimum absolute atomic E-state index is 0.0241. The zero-order chi connectivity index (χ0) is 15.4. The maximum Gasteiger partial charge on any atom is 0.290 e. The number of amides is 1. The summed E-state index contributed by atoms with van der Waals surface area (Å²) in [5.74, 6) is 0.726. The smallest absolute Gasteiger partial charge is 0.290 e. The van der Waals surface area contributed by atoms with E-state index in [2.05, 4.69) is 10.3 Å². The van der Waals surface area contributed by atoms with Gasteiger partial charge in [-0.3, -0.25) is 14.9 Å². The largest absolute Gasteiger partial charge is 0.356 e. The molecule has 7 heteroatoms. The standard InChI is InChI=1S/C14H20N4O3/c1-3-15-14(19)11-5-4-6-17(9-11)13-7-10(2)12(8-16-13)18(20)21/h7-8,11H,3-6,9H2,1-2H3,(H,15,19). The molecule has 1 N–H and O–H groups in total. The fraction of sp³-hybridized carbons (Fsp3) is 0.571. The monoisotopic (exact) mass is 292 g/mol. The van der Waals surface area contributed by atoms with Crippen LogP contribution in [0, 0.1) is 23.0 Å². The van der Waals surface area contributed by atoms with Crippen molar-refractivity contribution in [2.75, 3.05) is 24.5 Å². The van der Waals surface area contributed by atoms with Crippen molar-refractivity contribution in [2.24, 2.45) is 5.92 Å². The van der Waals surface area contributed by atoms with Gasteiger partial charge in [0.1, 0.15) is 12.0 Å². The summed E-state index contributed by atoms with van der Waals surface area (Å²) in [5.41, 5.74) is 0.612. The summed E-state index contributed by atoms with van der Waals surface area (Å²) < 4.78 is 0. The molecule has 114 valence electrons. The number of hydrogen-bond acceptors (Lipinski definition) is 5. The molecule has 21 heavy (non-hydrogen) atoms. The number of nitrogens with zero attached hydrogens (tertiary/aromatic N) is 3. The van der Waals surface area contributed by atoms with Gasteiger partial charge in [0.05, 0.1) is 10.8 Å². The SMILES string of the molecule is CCNC(=O)C1CCCN(c2cc(C)c([N+](=O)[O-])cn2)C1. The Bertz CT molecular complexity index is 547. The normalized spacial score (nSPS) is 18.4. The van der Waals surface area contributed by atoms with Crippen LogP contribution in [-0.2, 0) is 4.79 Å². The van der Waals surface area contributed by atoms with E-state index < -0.39 is 4.92 Å². The summed E-state index contributed by atoms with van der Waals surface area (Å²) >= 11 is 0. The third-order valence-electron chi connectivity index (χ3n) is 3.73. The van der Waals surface area contributed by atoms with Gasteiger partial charge in [0, 0.05) is 25.2 Å². The Morgan fingerprint density at radius 2 is 2.38 bits per heavy atom. The fourth-order valence-corrected chi connectivity index (χ4v) is 2.62. The Labute approximate surface area is 123 Å². The van der Waals surface area contributed by atoms with Crippen molar-refractivity contribution in [3.8, 4) is 0 Å². The number of nitrogens with one attached hydrogen (secondary N) is 1. The summed E-state index contributed by atoms with van der Waals surface area (Å²) in [7, 11) is 0. The number of hydrogen-bond donors (Lipinski definition) is 1. The van der Waals surface area contributed by atoms with Crippen molar-refractivity contribution < 1.29 is 9.72 Å². The average molecular weight is 292 g/mol. The van der Waals surface area contributed by atoms with Crippen molar-refractivity contribution in [1.29, 1.82) is 0 Å². The number of aromatic nitrogens is 1. The number of piperidine rings is 1. The van der Waals surface area contributed by atoms with Crippen LogP contribution >= 0.6 is 0 Å². The zero-order valence-corrected chi connectivity index (χ0v) is 12.3. The number of carbonyl (C=O) groups excluding carboxylic acids is 1. The highest BCUT2D eigenvalue weighted by Crippen LogP contribution is 2.25. The molecule has 1 unspecified atom stereocenters. The maximum absolute atomic E-state index is 11.9. The van der Waals surface area contributed by atoms with Gasteiger partial charge < -0.3 is 10.2 Å². The molecule has 2 rings (SSSR count). The number of nitro groups is 1. The number of carbonyl (C=O) groups is 1. The third-order valence-corrected chi connectivity index (χ3v) is 3.73. The Balaban J connectivity index is 2.12. The molecule has 7 nitrogen and oxygen atoms in total. The van der Waals surface area contributed by atoms with Crippen LogP contribution in [0.5, 0.6) is 0 Å². The Morgan fingerprint density at radius 3 is 3.00 bits per heavy atom. The van der Waals surface area contributed by atoms with Gasteiger partial charge in [-0.2, -0.15) is 0 Å². The van der Waals surface area contributed by atoms with Gasteiger partial charge in [0.25, 0.3) is 5.69 Å². The highest BCUT2D eigenvalue weighted by atomic mass is 16.6. The average Bonchev–Trinajstić information content (AvgIpc) is 2.47. The molecule has 0 aliphatic carbocycles. The lowest BCUT2D eigenvalue weighted by Gasteiger charge is -2.32. The van der Waals surface area contributed by atoms with Crippen molar-refractivity contribution in [3.05, 3.63) is 27.9 Å². The van der Waals surface area contributed by atoms with E-state index >= 15 is 0 Å². The van der Waals surface area contributed by atoms with Crippen LogP contribution in [0.4, 0.5) is 11.5 Å². The molecule has 1 atom stereocenters. The molecule has 2 heterocycles. The molecular formula is C14H20N4O3. The summed E-state index contributed by atoms with van der Waals surface area (Å²) in [4.78, 5) is 28.5. The molecule has 1 aliphatic heterocycles. The first-order chi connectivity index (χ1) is 10.0. The van der Waals surface area contributed by atoms with E-state index in [-0.39, 0.29) is 17.5 Å². The third kappa shape index (κ3) is 3.48. The predicted molar refractivity (Wildman–Crippen MR) is 79.2 cm³/mol. The molecule has 1 saturated heterocycles. The second-order valence-corrected chi connectivity index (χ2v) is 5.27. The van der Waals surface area contributed by atoms with Crippen LogP contribution in [0.3, 0.4) is 0 Å². The second-order valence-electron chi connectivity index (χ2n) is 5.27. The lowest BCUT2D eigenvalue weighted by atomic mass is 9.97. The highest BCUT2D eigenvalue weighted by molar-refractivity contribution is 5.79. The topological polar surface area (TPSA) is 88.4 Å². The van der Waals surface area contributed by atoms with Gasteiger partial charge in [-0.05, 0) is 32.8 Å². The minimum Gasteiger partial charge on any atom is -0.356 e. The molecule has 1 fully saturated rings. The number of aryl methyl sites for hydroxylation is 1. The number of pyridine rings is 1. The summed E-state index contributed by atoms with van der Waals surface area (Å²) in [6, 6.07) is 1.72. The van der Waals surface area contributed by atoms with Gasteiger partial charge in [0.15, 0.2) is 0 Å². The number of rotatable bonds is 4. The minimum atomic E-state index is -0.431. The summed E-state index contributed by atoms with van der Waals surface area (Å²) in [5, 5.41) is 13.7. The van der Waals surface area contributed by atoms with Gasteiger partial charge in [-0.25, -0.2) is 4.98 Å². The first-order valence-electron chi connectivity index (χ1n) is 7.16. The number of anilines is 1. The fourth-order valence-electron chi connectivity index (χ4n) is 2.62.